The van der Waals surface area contributed by atoms with E-state index in [0.717, 1.165) is 19.1 Å². The monoisotopic (exact) mass is 279 g/mol. The van der Waals surface area contributed by atoms with E-state index in [2.05, 4.69) is 4.98 Å². The highest BCUT2D eigenvalue weighted by Gasteiger charge is 2.55. The minimum absolute atomic E-state index is 0.0237. The third kappa shape index (κ3) is 3.42. The highest BCUT2D eigenvalue weighted by Crippen LogP contribution is 2.35. The quantitative estimate of drug-likeness (QED) is 0.646. The van der Waals surface area contributed by atoms with Crippen molar-refractivity contribution in [2.45, 2.75) is 31.9 Å². The van der Waals surface area contributed by atoms with Gasteiger partial charge in [-0.3, -0.25) is 4.79 Å². The molecule has 0 bridgehead atoms. The number of ether oxygens (including phenoxy) is 1. The Labute approximate surface area is 106 Å². The van der Waals surface area contributed by atoms with Crippen LogP contribution in [0.1, 0.15) is 31.3 Å². The average molecular weight is 279 g/mol. The third-order valence-corrected chi connectivity index (χ3v) is 2.28. The highest BCUT2D eigenvalue weighted by molar-refractivity contribution is 5.66. The topological polar surface area (TPSA) is 79.7 Å². The number of alkyl halides is 3. The van der Waals surface area contributed by atoms with Crippen molar-refractivity contribution in [3.05, 3.63) is 29.6 Å². The van der Waals surface area contributed by atoms with Crippen LogP contribution < -0.4 is 0 Å². The Morgan fingerprint density at radius 2 is 1.95 bits per heavy atom. The summed E-state index contributed by atoms with van der Waals surface area (Å²) in [7, 11) is 0. The van der Waals surface area contributed by atoms with E-state index in [4.69, 9.17) is 14.9 Å². The molecule has 0 amide bonds. The summed E-state index contributed by atoms with van der Waals surface area (Å²) in [4.78, 5) is 14.2. The molecule has 0 radical (unpaired) electrons. The molecular formula is C11H12F3NO4. The van der Waals surface area contributed by atoms with Gasteiger partial charge in [-0.1, -0.05) is 6.07 Å². The van der Waals surface area contributed by atoms with Gasteiger partial charge in [0, 0.05) is 6.92 Å². The van der Waals surface area contributed by atoms with E-state index in [1.807, 2.05) is 0 Å². The lowest BCUT2D eigenvalue weighted by Gasteiger charge is -2.24. The van der Waals surface area contributed by atoms with Crippen molar-refractivity contribution in [1.82, 2.24) is 4.98 Å². The lowest BCUT2D eigenvalue weighted by atomic mass is 10.1. The number of aliphatic hydroxyl groups is 2. The van der Waals surface area contributed by atoms with E-state index in [1.165, 1.54) is 13.0 Å². The number of hydrogen-bond donors (Lipinski definition) is 2. The molecule has 0 aliphatic rings. The van der Waals surface area contributed by atoms with Gasteiger partial charge >= 0.3 is 17.9 Å². The van der Waals surface area contributed by atoms with E-state index >= 15 is 0 Å². The Bertz CT molecular complexity index is 473. The predicted molar refractivity (Wildman–Crippen MR) is 56.6 cm³/mol. The van der Waals surface area contributed by atoms with Crippen LogP contribution in [-0.4, -0.2) is 27.3 Å². The molecule has 0 aliphatic heterocycles. The number of carbonyl (C=O) groups excluding carboxylic acids is 1. The van der Waals surface area contributed by atoms with Crippen molar-refractivity contribution in [1.29, 1.82) is 0 Å². The summed E-state index contributed by atoms with van der Waals surface area (Å²) in [5.41, 5.74) is -1.01. The predicted octanol–water partition coefficient (Wildman–Crippen LogP) is 1.41. The van der Waals surface area contributed by atoms with Gasteiger partial charge in [0.05, 0.1) is 5.69 Å². The molecule has 1 heterocycles. The maximum Gasteiger partial charge on any atom is 0.449 e. The largest absolute Gasteiger partial charge is 0.456 e. The number of nitrogens with zero attached hydrogens (tertiary/aromatic N) is 1. The first-order valence-corrected chi connectivity index (χ1v) is 5.22. The molecule has 19 heavy (non-hydrogen) atoms. The molecule has 0 saturated heterocycles. The maximum absolute atomic E-state index is 12.4. The molecule has 1 aromatic rings. The SMILES string of the molecule is CC(=O)OC(C)c1cccc(C(O)(O)C(F)(F)F)n1. The first kappa shape index (κ1) is 15.4. The maximum atomic E-state index is 12.4. The van der Waals surface area contributed by atoms with E-state index in [9.17, 15) is 18.0 Å². The van der Waals surface area contributed by atoms with Crippen LogP contribution in [0.5, 0.6) is 0 Å². The van der Waals surface area contributed by atoms with Gasteiger partial charge in [0.2, 0.25) is 0 Å². The first-order valence-electron chi connectivity index (χ1n) is 5.22. The van der Waals surface area contributed by atoms with E-state index in [1.54, 1.807) is 0 Å². The fourth-order valence-electron chi connectivity index (χ4n) is 1.33. The molecular weight excluding hydrogens is 267 g/mol. The third-order valence-electron chi connectivity index (χ3n) is 2.28. The molecule has 106 valence electrons. The van der Waals surface area contributed by atoms with Crippen LogP contribution >= 0.6 is 0 Å². The van der Waals surface area contributed by atoms with E-state index < -0.39 is 29.7 Å². The normalized spacial score (nSPS) is 14.1. The summed E-state index contributed by atoms with van der Waals surface area (Å²) in [5.74, 6) is -4.69. The molecule has 2 N–H and O–H groups in total. The van der Waals surface area contributed by atoms with Crippen LogP contribution in [0, 0.1) is 0 Å². The number of carbonyl (C=O) groups is 1. The highest BCUT2D eigenvalue weighted by atomic mass is 19.4. The van der Waals surface area contributed by atoms with E-state index in [-0.39, 0.29) is 5.69 Å². The molecule has 1 unspecified atom stereocenters. The lowest BCUT2D eigenvalue weighted by Crippen LogP contribution is -2.42. The van der Waals surface area contributed by atoms with Crippen molar-refractivity contribution < 1.29 is 32.9 Å². The Morgan fingerprint density at radius 1 is 1.37 bits per heavy atom. The molecule has 1 aromatic heterocycles. The molecule has 5 nitrogen and oxygen atoms in total. The molecule has 0 spiro atoms. The van der Waals surface area contributed by atoms with Crippen LogP contribution in [0.2, 0.25) is 0 Å². The van der Waals surface area contributed by atoms with Gasteiger partial charge in [0.1, 0.15) is 11.8 Å². The van der Waals surface area contributed by atoms with Gasteiger partial charge in [-0.25, -0.2) is 4.98 Å². The number of aromatic nitrogens is 1. The van der Waals surface area contributed by atoms with Crippen molar-refractivity contribution >= 4 is 5.97 Å². The van der Waals surface area contributed by atoms with Gasteiger partial charge in [-0.2, -0.15) is 13.2 Å². The summed E-state index contributed by atoms with van der Waals surface area (Å²) in [6, 6.07) is 3.28. The van der Waals surface area contributed by atoms with Crippen LogP contribution in [0.4, 0.5) is 13.2 Å². The summed E-state index contributed by atoms with van der Waals surface area (Å²) in [6.07, 6.45) is -6.19. The molecule has 0 aliphatic carbocycles. The van der Waals surface area contributed by atoms with Crippen molar-refractivity contribution in [3.63, 3.8) is 0 Å². The molecule has 0 aromatic carbocycles. The fraction of sp³-hybridized carbons (Fsp3) is 0.455. The number of esters is 1. The van der Waals surface area contributed by atoms with Crippen LogP contribution in [-0.2, 0) is 15.3 Å². The van der Waals surface area contributed by atoms with Gasteiger partial charge in [-0.05, 0) is 19.1 Å². The number of pyridine rings is 1. The summed E-state index contributed by atoms with van der Waals surface area (Å²) in [6.45, 7) is 2.54. The average Bonchev–Trinajstić information content (AvgIpc) is 2.26. The van der Waals surface area contributed by atoms with Gasteiger partial charge in [0.15, 0.2) is 0 Å². The van der Waals surface area contributed by atoms with Crippen molar-refractivity contribution in [2.75, 3.05) is 0 Å². The second-order valence-electron chi connectivity index (χ2n) is 3.87. The Morgan fingerprint density at radius 3 is 2.42 bits per heavy atom. The Kier molecular flexibility index (Phi) is 4.16. The standard InChI is InChI=1S/C11H12F3NO4/c1-6(19-7(2)16)8-4-3-5-9(15-8)10(17,18)11(12,13)14/h3-6,17-18H,1-2H3. The van der Waals surface area contributed by atoms with Crippen LogP contribution in [0.15, 0.2) is 18.2 Å². The lowest BCUT2D eigenvalue weighted by molar-refractivity contribution is -0.360. The summed E-state index contributed by atoms with van der Waals surface area (Å²) in [5, 5.41) is 18.1. The summed E-state index contributed by atoms with van der Waals surface area (Å²) >= 11 is 0. The van der Waals surface area contributed by atoms with Gasteiger partial charge in [0.25, 0.3) is 0 Å². The number of hydrogen-bond acceptors (Lipinski definition) is 5. The molecule has 1 atom stereocenters. The molecule has 8 heteroatoms. The smallest absolute Gasteiger partial charge is 0.449 e. The minimum Gasteiger partial charge on any atom is -0.456 e. The zero-order valence-corrected chi connectivity index (χ0v) is 10.1. The van der Waals surface area contributed by atoms with Crippen molar-refractivity contribution in [3.8, 4) is 0 Å². The Balaban J connectivity index is 3.10. The minimum atomic E-state index is -5.29. The van der Waals surface area contributed by atoms with Crippen LogP contribution in [0.3, 0.4) is 0 Å². The number of halogens is 3. The van der Waals surface area contributed by atoms with Crippen molar-refractivity contribution in [2.24, 2.45) is 0 Å². The second kappa shape index (κ2) is 5.14. The summed E-state index contributed by atoms with van der Waals surface area (Å²) < 4.78 is 42.1. The second-order valence-corrected chi connectivity index (χ2v) is 3.87. The zero-order chi connectivity index (χ0) is 14.8. The molecule has 0 fully saturated rings. The first-order chi connectivity index (χ1) is 8.55. The molecule has 0 saturated carbocycles. The van der Waals surface area contributed by atoms with Crippen LogP contribution in [0.25, 0.3) is 0 Å². The molecule has 1 rings (SSSR count). The Hall–Kier alpha value is -1.67. The van der Waals surface area contributed by atoms with E-state index in [0.29, 0.717) is 0 Å². The van der Waals surface area contributed by atoms with Gasteiger partial charge < -0.3 is 14.9 Å². The zero-order valence-electron chi connectivity index (χ0n) is 10.1. The fourth-order valence-corrected chi connectivity index (χ4v) is 1.33. The number of rotatable bonds is 3. The van der Waals surface area contributed by atoms with Gasteiger partial charge in [-0.15, -0.1) is 0 Å².